The van der Waals surface area contributed by atoms with Gasteiger partial charge < -0.3 is 14.2 Å². The highest BCUT2D eigenvalue weighted by Crippen LogP contribution is 2.14. The normalized spacial score (nSPS) is 10.9. The number of carbonyl (C=O) groups excluding carboxylic acids is 2. The number of hydrogen-bond donors (Lipinski definition) is 0. The van der Waals surface area contributed by atoms with E-state index in [-0.39, 0.29) is 5.97 Å². The van der Waals surface area contributed by atoms with Crippen molar-refractivity contribution in [2.24, 2.45) is 0 Å². The van der Waals surface area contributed by atoms with Gasteiger partial charge in [-0.1, -0.05) is 29.9 Å². The van der Waals surface area contributed by atoms with E-state index in [1.165, 1.54) is 14.2 Å². The molecule has 0 fully saturated rings. The molecule has 5 nitrogen and oxygen atoms in total. The highest BCUT2D eigenvalue weighted by molar-refractivity contribution is 5.89. The van der Waals surface area contributed by atoms with Crippen LogP contribution in [-0.2, 0) is 14.3 Å². The molecule has 1 aromatic carbocycles. The van der Waals surface area contributed by atoms with E-state index >= 15 is 0 Å². The first-order valence-electron chi connectivity index (χ1n) is 6.86. The van der Waals surface area contributed by atoms with Crippen LogP contribution in [-0.4, -0.2) is 26.7 Å². The predicted octanol–water partition coefficient (Wildman–Crippen LogP) is 3.68. The number of carbonyl (C=O) groups is 2. The minimum absolute atomic E-state index is 0.375. The first-order valence-corrected chi connectivity index (χ1v) is 6.86. The first kappa shape index (κ1) is 20.2. The molecule has 124 valence electrons. The van der Waals surface area contributed by atoms with Crippen molar-refractivity contribution >= 4 is 12.4 Å². The fraction of sp³-hybridized carbons (Fsp3) is 0.222. The van der Waals surface area contributed by atoms with Gasteiger partial charge in [0, 0.05) is 0 Å². The fourth-order valence-corrected chi connectivity index (χ4v) is 1.44. The first-order chi connectivity index (χ1) is 11.1. The zero-order valence-corrected chi connectivity index (χ0v) is 13.8. The molecule has 0 saturated carbocycles. The third kappa shape index (κ3) is 9.68. The number of ether oxygens (including phenoxy) is 3. The zero-order chi connectivity index (χ0) is 17.5. The van der Waals surface area contributed by atoms with Crippen LogP contribution in [0, 0.1) is 0 Å². The number of methoxy groups -OCH3 is 2. The van der Waals surface area contributed by atoms with Crippen LogP contribution in [0.15, 0.2) is 60.4 Å². The van der Waals surface area contributed by atoms with Gasteiger partial charge in [0.15, 0.2) is 0 Å². The monoisotopic (exact) mass is 318 g/mol. The summed E-state index contributed by atoms with van der Waals surface area (Å²) in [5.74, 6) is 0.217. The molecular formula is C18H22O5. The Hall–Kier alpha value is -2.82. The molecule has 0 heterocycles. The molecule has 0 spiro atoms. The average molecular weight is 318 g/mol. The molecule has 0 aromatic heterocycles. The molecule has 0 aliphatic rings. The SMILES string of the molecule is COC=O.C\C=C/C(C)=C\C=C\Oc1cccc(C(=O)OC)c1. The van der Waals surface area contributed by atoms with Gasteiger partial charge in [-0.25, -0.2) is 4.79 Å². The van der Waals surface area contributed by atoms with Crippen molar-refractivity contribution in [3.63, 3.8) is 0 Å². The van der Waals surface area contributed by atoms with Crippen molar-refractivity contribution in [3.05, 3.63) is 66.0 Å². The van der Waals surface area contributed by atoms with Crippen LogP contribution in [0.1, 0.15) is 24.2 Å². The Kier molecular flexibility index (Phi) is 11.3. The average Bonchev–Trinajstić information content (AvgIpc) is 2.58. The Balaban J connectivity index is 0.00000108. The molecule has 0 unspecified atom stereocenters. The molecule has 0 saturated heterocycles. The summed E-state index contributed by atoms with van der Waals surface area (Å²) in [4.78, 5) is 20.3. The van der Waals surface area contributed by atoms with Gasteiger partial charge in [0.1, 0.15) is 5.75 Å². The standard InChI is InChI=1S/C16H18O3.C2H4O2/c1-4-7-13(2)8-6-11-19-15-10-5-9-14(12-15)16(17)18-3;1-4-2-3/h4-12H,1-3H3;2H,1H3/b7-4-,11-6+,13-8-;. The highest BCUT2D eigenvalue weighted by atomic mass is 16.5. The van der Waals surface area contributed by atoms with Crippen LogP contribution in [0.25, 0.3) is 0 Å². The number of rotatable bonds is 6. The van der Waals surface area contributed by atoms with Crippen molar-refractivity contribution in [3.8, 4) is 5.75 Å². The van der Waals surface area contributed by atoms with Gasteiger partial charge in [-0.3, -0.25) is 4.79 Å². The lowest BCUT2D eigenvalue weighted by molar-refractivity contribution is -0.126. The minimum Gasteiger partial charge on any atom is -0.471 e. The van der Waals surface area contributed by atoms with Crippen LogP contribution in [0.2, 0.25) is 0 Å². The second kappa shape index (κ2) is 12.9. The lowest BCUT2D eigenvalue weighted by atomic mass is 10.2. The molecule has 1 aromatic rings. The second-order valence-corrected chi connectivity index (χ2v) is 4.21. The van der Waals surface area contributed by atoms with Gasteiger partial charge in [-0.05, 0) is 38.1 Å². The molecule has 0 N–H and O–H groups in total. The van der Waals surface area contributed by atoms with E-state index in [0.717, 1.165) is 5.57 Å². The maximum Gasteiger partial charge on any atom is 0.337 e. The van der Waals surface area contributed by atoms with Crippen molar-refractivity contribution in [1.82, 2.24) is 0 Å². The lowest BCUT2D eigenvalue weighted by Gasteiger charge is -2.02. The van der Waals surface area contributed by atoms with Gasteiger partial charge in [-0.2, -0.15) is 0 Å². The molecule has 0 radical (unpaired) electrons. The third-order valence-electron chi connectivity index (χ3n) is 2.42. The summed E-state index contributed by atoms with van der Waals surface area (Å²) in [7, 11) is 2.66. The summed E-state index contributed by atoms with van der Waals surface area (Å²) in [6.45, 7) is 4.35. The summed E-state index contributed by atoms with van der Waals surface area (Å²) in [6.07, 6.45) is 9.29. The largest absolute Gasteiger partial charge is 0.471 e. The van der Waals surface area contributed by atoms with E-state index < -0.39 is 0 Å². The fourth-order valence-electron chi connectivity index (χ4n) is 1.44. The topological polar surface area (TPSA) is 61.8 Å². The maximum absolute atomic E-state index is 11.3. The van der Waals surface area contributed by atoms with Crippen LogP contribution in [0.3, 0.4) is 0 Å². The molecule has 1 rings (SSSR count). The van der Waals surface area contributed by atoms with Crippen LogP contribution in [0.4, 0.5) is 0 Å². The molecule has 0 amide bonds. The molecule has 5 heteroatoms. The van der Waals surface area contributed by atoms with Crippen molar-refractivity contribution in [2.45, 2.75) is 13.8 Å². The summed E-state index contributed by atoms with van der Waals surface area (Å²) in [5.41, 5.74) is 1.60. The van der Waals surface area contributed by atoms with E-state index in [4.69, 9.17) is 9.53 Å². The summed E-state index contributed by atoms with van der Waals surface area (Å²) < 4.78 is 13.9. The smallest absolute Gasteiger partial charge is 0.337 e. The Bertz CT molecular complexity index is 571. The van der Waals surface area contributed by atoms with Gasteiger partial charge in [0.25, 0.3) is 6.47 Å². The van der Waals surface area contributed by atoms with Crippen molar-refractivity contribution in [2.75, 3.05) is 14.2 Å². The van der Waals surface area contributed by atoms with Crippen LogP contribution < -0.4 is 4.74 Å². The van der Waals surface area contributed by atoms with Gasteiger partial charge in [-0.15, -0.1) is 0 Å². The third-order valence-corrected chi connectivity index (χ3v) is 2.42. The Labute approximate surface area is 136 Å². The van der Waals surface area contributed by atoms with Gasteiger partial charge in [0.2, 0.25) is 0 Å². The molecule has 0 aliphatic carbocycles. The van der Waals surface area contributed by atoms with Crippen LogP contribution >= 0.6 is 0 Å². The van der Waals surface area contributed by atoms with Crippen molar-refractivity contribution in [1.29, 1.82) is 0 Å². The lowest BCUT2D eigenvalue weighted by Crippen LogP contribution is -2.00. The van der Waals surface area contributed by atoms with Gasteiger partial charge in [0.05, 0.1) is 26.0 Å². The van der Waals surface area contributed by atoms with Gasteiger partial charge >= 0.3 is 5.97 Å². The maximum atomic E-state index is 11.3. The molecular weight excluding hydrogens is 296 g/mol. The number of benzene rings is 1. The molecule has 0 bridgehead atoms. The van der Waals surface area contributed by atoms with Crippen LogP contribution in [0.5, 0.6) is 5.75 Å². The van der Waals surface area contributed by atoms with Crippen molar-refractivity contribution < 1.29 is 23.8 Å². The molecule has 0 atom stereocenters. The molecule has 23 heavy (non-hydrogen) atoms. The summed E-state index contributed by atoms with van der Waals surface area (Å²) in [6, 6.07) is 6.84. The highest BCUT2D eigenvalue weighted by Gasteiger charge is 2.05. The Morgan fingerprint density at radius 2 is 1.91 bits per heavy atom. The summed E-state index contributed by atoms with van der Waals surface area (Å²) >= 11 is 0. The predicted molar refractivity (Wildman–Crippen MR) is 89.2 cm³/mol. The molecule has 0 aliphatic heterocycles. The number of hydrogen-bond acceptors (Lipinski definition) is 5. The number of allylic oxidation sites excluding steroid dienone is 5. The van der Waals surface area contributed by atoms with E-state index in [2.05, 4.69) is 9.47 Å². The van der Waals surface area contributed by atoms with E-state index in [9.17, 15) is 4.79 Å². The van der Waals surface area contributed by atoms with E-state index in [1.807, 2.05) is 32.1 Å². The number of esters is 1. The minimum atomic E-state index is -0.377. The Morgan fingerprint density at radius 3 is 2.48 bits per heavy atom. The zero-order valence-electron chi connectivity index (χ0n) is 13.8. The Morgan fingerprint density at radius 1 is 1.22 bits per heavy atom. The quantitative estimate of drug-likeness (QED) is 0.346. The van der Waals surface area contributed by atoms with E-state index in [1.54, 1.807) is 36.6 Å². The van der Waals surface area contributed by atoms with E-state index in [0.29, 0.717) is 17.8 Å². The summed E-state index contributed by atoms with van der Waals surface area (Å²) in [5, 5.41) is 0. The second-order valence-electron chi connectivity index (χ2n) is 4.21.